The van der Waals surface area contributed by atoms with E-state index in [1.54, 1.807) is 0 Å². The number of hydrogen-bond donors (Lipinski definition) is 2. The molecule has 2 N–H and O–H groups in total. The van der Waals surface area contributed by atoms with Gasteiger partial charge in [-0.1, -0.05) is 17.7 Å². The number of aliphatic imine (C=N–C) groups is 1. The van der Waals surface area contributed by atoms with E-state index in [2.05, 4.69) is 22.5 Å². The van der Waals surface area contributed by atoms with Gasteiger partial charge in [0.05, 0.1) is 6.61 Å². The lowest BCUT2D eigenvalue weighted by Gasteiger charge is -2.19. The Labute approximate surface area is 158 Å². The van der Waals surface area contributed by atoms with Crippen LogP contribution in [0.2, 0.25) is 0 Å². The molecule has 0 aliphatic heterocycles. The highest BCUT2D eigenvalue weighted by molar-refractivity contribution is 5.81. The van der Waals surface area contributed by atoms with Gasteiger partial charge in [0, 0.05) is 45.6 Å². The van der Waals surface area contributed by atoms with Gasteiger partial charge in [0.15, 0.2) is 5.96 Å². The number of amides is 1. The molecule has 0 aliphatic rings. The maximum absolute atomic E-state index is 12.0. The van der Waals surface area contributed by atoms with Crippen LogP contribution in [0.1, 0.15) is 39.2 Å². The number of carbonyl (C=O) groups excluding carboxylic acids is 1. The van der Waals surface area contributed by atoms with Gasteiger partial charge in [-0.2, -0.15) is 0 Å². The first-order valence-corrected chi connectivity index (χ1v) is 9.60. The third kappa shape index (κ3) is 8.74. The van der Waals surface area contributed by atoms with Crippen LogP contribution in [0.4, 0.5) is 0 Å². The Morgan fingerprint density at radius 2 is 1.81 bits per heavy atom. The Kier molecular flexibility index (Phi) is 10.9. The molecule has 0 atom stereocenters. The quantitative estimate of drug-likeness (QED) is 0.361. The molecule has 0 unspecified atom stereocenters. The third-order valence-corrected chi connectivity index (χ3v) is 3.95. The van der Waals surface area contributed by atoms with Gasteiger partial charge in [0.2, 0.25) is 5.91 Å². The molecule has 0 saturated heterocycles. The van der Waals surface area contributed by atoms with Crippen molar-refractivity contribution in [3.8, 4) is 5.75 Å². The highest BCUT2D eigenvalue weighted by atomic mass is 16.5. The second kappa shape index (κ2) is 13.0. The van der Waals surface area contributed by atoms with Crippen molar-refractivity contribution in [1.82, 2.24) is 15.5 Å². The summed E-state index contributed by atoms with van der Waals surface area (Å²) in [6.45, 7) is 12.3. The van der Waals surface area contributed by atoms with Crippen molar-refractivity contribution in [2.24, 2.45) is 4.99 Å². The van der Waals surface area contributed by atoms with Gasteiger partial charge in [-0.05, 0) is 39.8 Å². The van der Waals surface area contributed by atoms with Gasteiger partial charge in [-0.15, -0.1) is 0 Å². The lowest BCUT2D eigenvalue weighted by molar-refractivity contribution is -0.130. The standard InChI is InChI=1S/C20H34N4O2/c1-5-21-20(23-15-13-19(25)24(6-2)7-3)22-14-8-16-26-18-11-9-17(4)10-12-18/h9-12H,5-8,13-16H2,1-4H3,(H2,21,22,23). The summed E-state index contributed by atoms with van der Waals surface area (Å²) in [6.07, 6.45) is 1.31. The summed E-state index contributed by atoms with van der Waals surface area (Å²) in [5.41, 5.74) is 1.22. The lowest BCUT2D eigenvalue weighted by atomic mass is 10.2. The van der Waals surface area contributed by atoms with E-state index in [0.29, 0.717) is 26.1 Å². The van der Waals surface area contributed by atoms with Crippen LogP contribution in [0.5, 0.6) is 5.75 Å². The van der Waals surface area contributed by atoms with E-state index in [1.165, 1.54) is 5.56 Å². The highest BCUT2D eigenvalue weighted by Gasteiger charge is 2.08. The number of nitrogens with one attached hydrogen (secondary N) is 2. The first kappa shape index (κ1) is 21.8. The summed E-state index contributed by atoms with van der Waals surface area (Å²) >= 11 is 0. The van der Waals surface area contributed by atoms with Gasteiger partial charge < -0.3 is 20.3 Å². The van der Waals surface area contributed by atoms with E-state index in [9.17, 15) is 4.79 Å². The SMILES string of the molecule is CCNC(=NCCCOc1ccc(C)cc1)NCCC(=O)N(CC)CC. The molecule has 6 nitrogen and oxygen atoms in total. The van der Waals surface area contributed by atoms with Crippen molar-refractivity contribution in [2.45, 2.75) is 40.5 Å². The normalized spacial score (nSPS) is 11.2. The van der Waals surface area contributed by atoms with Gasteiger partial charge in [0.1, 0.15) is 5.75 Å². The van der Waals surface area contributed by atoms with Crippen LogP contribution < -0.4 is 15.4 Å². The summed E-state index contributed by atoms with van der Waals surface area (Å²) < 4.78 is 5.71. The molecule has 1 rings (SSSR count). The van der Waals surface area contributed by atoms with Crippen LogP contribution in [0.25, 0.3) is 0 Å². The van der Waals surface area contributed by atoms with Crippen LogP contribution in [-0.4, -0.2) is 56.1 Å². The molecule has 0 bridgehead atoms. The average molecular weight is 363 g/mol. The third-order valence-electron chi connectivity index (χ3n) is 3.95. The minimum atomic E-state index is 0.171. The summed E-state index contributed by atoms with van der Waals surface area (Å²) in [7, 11) is 0. The van der Waals surface area contributed by atoms with E-state index in [1.807, 2.05) is 49.9 Å². The number of aryl methyl sites for hydroxylation is 1. The Bertz CT molecular complexity index is 539. The molecule has 0 heterocycles. The molecule has 0 saturated carbocycles. The average Bonchev–Trinajstić information content (AvgIpc) is 2.64. The molecule has 1 aromatic carbocycles. The van der Waals surface area contributed by atoms with Crippen LogP contribution in [0, 0.1) is 6.92 Å². The fourth-order valence-electron chi connectivity index (χ4n) is 2.44. The molecule has 0 spiro atoms. The van der Waals surface area contributed by atoms with E-state index >= 15 is 0 Å². The van der Waals surface area contributed by atoms with Gasteiger partial charge in [0.25, 0.3) is 0 Å². The van der Waals surface area contributed by atoms with Gasteiger partial charge in [-0.25, -0.2) is 0 Å². The maximum atomic E-state index is 12.0. The fourth-order valence-corrected chi connectivity index (χ4v) is 2.44. The van der Waals surface area contributed by atoms with Crippen molar-refractivity contribution in [1.29, 1.82) is 0 Å². The molecule has 26 heavy (non-hydrogen) atoms. The number of hydrogen-bond acceptors (Lipinski definition) is 3. The molecule has 0 radical (unpaired) electrons. The zero-order chi connectivity index (χ0) is 19.2. The van der Waals surface area contributed by atoms with Crippen LogP contribution in [0.3, 0.4) is 0 Å². The smallest absolute Gasteiger partial charge is 0.224 e. The summed E-state index contributed by atoms with van der Waals surface area (Å²) in [4.78, 5) is 18.4. The van der Waals surface area contributed by atoms with Crippen molar-refractivity contribution in [3.05, 3.63) is 29.8 Å². The Morgan fingerprint density at radius 1 is 1.12 bits per heavy atom. The van der Waals surface area contributed by atoms with E-state index in [4.69, 9.17) is 4.74 Å². The molecular formula is C20H34N4O2. The molecular weight excluding hydrogens is 328 g/mol. The molecule has 1 amide bonds. The predicted molar refractivity (Wildman–Crippen MR) is 108 cm³/mol. The number of guanidine groups is 1. The fraction of sp³-hybridized carbons (Fsp3) is 0.600. The Morgan fingerprint density at radius 3 is 2.42 bits per heavy atom. The highest BCUT2D eigenvalue weighted by Crippen LogP contribution is 2.11. The minimum absolute atomic E-state index is 0.171. The predicted octanol–water partition coefficient (Wildman–Crippen LogP) is 2.58. The second-order valence-electron chi connectivity index (χ2n) is 6.02. The monoisotopic (exact) mass is 362 g/mol. The van der Waals surface area contributed by atoms with Crippen LogP contribution in [0.15, 0.2) is 29.3 Å². The van der Waals surface area contributed by atoms with Crippen molar-refractivity contribution in [2.75, 3.05) is 39.3 Å². The topological polar surface area (TPSA) is 66.0 Å². The Balaban J connectivity index is 2.29. The van der Waals surface area contributed by atoms with Crippen molar-refractivity contribution < 1.29 is 9.53 Å². The van der Waals surface area contributed by atoms with Crippen molar-refractivity contribution >= 4 is 11.9 Å². The van der Waals surface area contributed by atoms with E-state index in [-0.39, 0.29) is 5.91 Å². The van der Waals surface area contributed by atoms with Crippen LogP contribution in [-0.2, 0) is 4.79 Å². The summed E-state index contributed by atoms with van der Waals surface area (Å²) in [6, 6.07) is 8.05. The molecule has 6 heteroatoms. The zero-order valence-corrected chi connectivity index (χ0v) is 16.7. The summed E-state index contributed by atoms with van der Waals surface area (Å²) in [5, 5.41) is 6.42. The molecule has 0 aliphatic carbocycles. The van der Waals surface area contributed by atoms with Gasteiger partial charge in [-0.3, -0.25) is 9.79 Å². The molecule has 0 aromatic heterocycles. The number of benzene rings is 1. The largest absolute Gasteiger partial charge is 0.494 e. The number of nitrogens with zero attached hydrogens (tertiary/aromatic N) is 2. The maximum Gasteiger partial charge on any atom is 0.224 e. The van der Waals surface area contributed by atoms with Crippen molar-refractivity contribution in [3.63, 3.8) is 0 Å². The first-order valence-electron chi connectivity index (χ1n) is 9.60. The van der Waals surface area contributed by atoms with E-state index in [0.717, 1.165) is 37.8 Å². The number of carbonyl (C=O) groups is 1. The van der Waals surface area contributed by atoms with Crippen LogP contribution >= 0.6 is 0 Å². The first-order chi connectivity index (χ1) is 12.6. The lowest BCUT2D eigenvalue weighted by Crippen LogP contribution is -2.40. The second-order valence-corrected chi connectivity index (χ2v) is 6.02. The molecule has 146 valence electrons. The minimum Gasteiger partial charge on any atom is -0.494 e. The summed E-state index contributed by atoms with van der Waals surface area (Å²) in [5.74, 6) is 1.81. The molecule has 1 aromatic rings. The van der Waals surface area contributed by atoms with Gasteiger partial charge >= 0.3 is 0 Å². The Hall–Kier alpha value is -2.24. The van der Waals surface area contributed by atoms with E-state index < -0.39 is 0 Å². The zero-order valence-electron chi connectivity index (χ0n) is 16.7. The number of rotatable bonds is 11. The number of ether oxygens (including phenoxy) is 1. The molecule has 0 fully saturated rings.